The summed E-state index contributed by atoms with van der Waals surface area (Å²) >= 11 is 7.71. The first kappa shape index (κ1) is 13.4. The van der Waals surface area contributed by atoms with Gasteiger partial charge in [0.1, 0.15) is 5.75 Å². The molecule has 2 rings (SSSR count). The SMILES string of the molecule is COc1ccc(C(O)CCc2ccsc2)cc1Cl. The Morgan fingerprint density at radius 3 is 2.83 bits per heavy atom. The Morgan fingerprint density at radius 2 is 2.22 bits per heavy atom. The molecule has 96 valence electrons. The Balaban J connectivity index is 2.00. The molecule has 0 aliphatic heterocycles. The predicted octanol–water partition coefficient (Wildman–Crippen LogP) is 4.08. The molecule has 0 radical (unpaired) electrons. The molecule has 1 aromatic heterocycles. The van der Waals surface area contributed by atoms with Crippen LogP contribution in [0.1, 0.15) is 23.7 Å². The summed E-state index contributed by atoms with van der Waals surface area (Å²) < 4.78 is 5.09. The second-order valence-electron chi connectivity index (χ2n) is 4.08. The fraction of sp³-hybridized carbons (Fsp3) is 0.286. The van der Waals surface area contributed by atoms with Crippen LogP contribution in [0.15, 0.2) is 35.0 Å². The van der Waals surface area contributed by atoms with Crippen molar-refractivity contribution in [1.82, 2.24) is 0 Å². The van der Waals surface area contributed by atoms with Gasteiger partial charge in [0.2, 0.25) is 0 Å². The van der Waals surface area contributed by atoms with Gasteiger partial charge in [-0.05, 0) is 52.9 Å². The van der Waals surface area contributed by atoms with Crippen LogP contribution in [0.2, 0.25) is 5.02 Å². The minimum Gasteiger partial charge on any atom is -0.495 e. The third-order valence-electron chi connectivity index (χ3n) is 2.85. The number of ether oxygens (including phenoxy) is 1. The molecular formula is C14H15ClO2S. The van der Waals surface area contributed by atoms with Crippen molar-refractivity contribution in [2.75, 3.05) is 7.11 Å². The lowest BCUT2D eigenvalue weighted by molar-refractivity contribution is 0.168. The quantitative estimate of drug-likeness (QED) is 0.895. The standard InChI is InChI=1S/C14H15ClO2S/c1-17-14-5-3-11(8-12(14)15)13(16)4-2-10-6-7-18-9-10/h3,5-9,13,16H,2,4H2,1H3. The maximum atomic E-state index is 10.1. The zero-order valence-electron chi connectivity index (χ0n) is 10.1. The molecule has 0 saturated carbocycles. The summed E-state index contributed by atoms with van der Waals surface area (Å²) in [6.45, 7) is 0. The molecule has 1 atom stereocenters. The molecule has 0 fully saturated rings. The van der Waals surface area contributed by atoms with Gasteiger partial charge in [-0.15, -0.1) is 0 Å². The van der Waals surface area contributed by atoms with Gasteiger partial charge >= 0.3 is 0 Å². The van der Waals surface area contributed by atoms with Gasteiger partial charge in [-0.25, -0.2) is 0 Å². The Hall–Kier alpha value is -1.03. The number of hydrogen-bond acceptors (Lipinski definition) is 3. The Labute approximate surface area is 116 Å². The lowest BCUT2D eigenvalue weighted by Crippen LogP contribution is -1.99. The van der Waals surface area contributed by atoms with Gasteiger partial charge in [0.05, 0.1) is 18.2 Å². The maximum absolute atomic E-state index is 10.1. The molecule has 0 bridgehead atoms. The number of hydrogen-bond donors (Lipinski definition) is 1. The van der Waals surface area contributed by atoms with E-state index >= 15 is 0 Å². The van der Waals surface area contributed by atoms with Gasteiger partial charge in [0, 0.05) is 0 Å². The van der Waals surface area contributed by atoms with Crippen molar-refractivity contribution in [3.05, 3.63) is 51.2 Å². The molecule has 2 nitrogen and oxygen atoms in total. The highest BCUT2D eigenvalue weighted by molar-refractivity contribution is 7.07. The first-order chi connectivity index (χ1) is 8.70. The van der Waals surface area contributed by atoms with Crippen LogP contribution >= 0.6 is 22.9 Å². The van der Waals surface area contributed by atoms with Crippen LogP contribution in [-0.4, -0.2) is 12.2 Å². The lowest BCUT2D eigenvalue weighted by atomic mass is 10.0. The topological polar surface area (TPSA) is 29.5 Å². The van der Waals surface area contributed by atoms with Crippen LogP contribution in [0.4, 0.5) is 0 Å². The van der Waals surface area contributed by atoms with Gasteiger partial charge in [-0.1, -0.05) is 17.7 Å². The Morgan fingerprint density at radius 1 is 1.39 bits per heavy atom. The smallest absolute Gasteiger partial charge is 0.137 e. The third-order valence-corrected chi connectivity index (χ3v) is 3.87. The molecule has 0 aliphatic carbocycles. The van der Waals surface area contributed by atoms with Crippen molar-refractivity contribution in [2.45, 2.75) is 18.9 Å². The molecule has 18 heavy (non-hydrogen) atoms. The van der Waals surface area contributed by atoms with Crippen molar-refractivity contribution in [3.63, 3.8) is 0 Å². The molecule has 1 heterocycles. The van der Waals surface area contributed by atoms with E-state index < -0.39 is 6.10 Å². The molecule has 1 unspecified atom stereocenters. The highest BCUT2D eigenvalue weighted by Crippen LogP contribution is 2.29. The van der Waals surface area contributed by atoms with E-state index in [4.69, 9.17) is 16.3 Å². The van der Waals surface area contributed by atoms with Gasteiger partial charge in [0.15, 0.2) is 0 Å². The first-order valence-corrected chi connectivity index (χ1v) is 7.05. The lowest BCUT2D eigenvalue weighted by Gasteiger charge is -2.12. The normalized spacial score (nSPS) is 12.4. The van der Waals surface area contributed by atoms with E-state index in [2.05, 4.69) is 11.4 Å². The highest BCUT2D eigenvalue weighted by Gasteiger charge is 2.10. The summed E-state index contributed by atoms with van der Waals surface area (Å²) in [7, 11) is 1.58. The number of halogens is 1. The number of benzene rings is 1. The summed E-state index contributed by atoms with van der Waals surface area (Å²) in [6, 6.07) is 7.48. The molecule has 2 aromatic rings. The second-order valence-corrected chi connectivity index (χ2v) is 5.27. The molecular weight excluding hydrogens is 268 g/mol. The Bertz CT molecular complexity index is 497. The molecule has 0 saturated heterocycles. The molecule has 0 amide bonds. The minimum atomic E-state index is -0.492. The first-order valence-electron chi connectivity index (χ1n) is 5.73. The fourth-order valence-corrected chi connectivity index (χ4v) is 2.76. The van der Waals surface area contributed by atoms with Crippen molar-refractivity contribution in [3.8, 4) is 5.75 Å². The monoisotopic (exact) mass is 282 g/mol. The van der Waals surface area contributed by atoms with Crippen LogP contribution in [0, 0.1) is 0 Å². The van der Waals surface area contributed by atoms with E-state index in [1.807, 2.05) is 11.4 Å². The van der Waals surface area contributed by atoms with Crippen LogP contribution < -0.4 is 4.74 Å². The van der Waals surface area contributed by atoms with Crippen LogP contribution in [0.5, 0.6) is 5.75 Å². The molecule has 1 aromatic carbocycles. The van der Waals surface area contributed by atoms with E-state index in [0.717, 1.165) is 12.0 Å². The molecule has 1 N–H and O–H groups in total. The average Bonchev–Trinajstić information content (AvgIpc) is 2.89. The van der Waals surface area contributed by atoms with E-state index in [-0.39, 0.29) is 0 Å². The zero-order valence-corrected chi connectivity index (χ0v) is 11.7. The number of methoxy groups -OCH3 is 1. The fourth-order valence-electron chi connectivity index (χ4n) is 1.79. The zero-order chi connectivity index (χ0) is 13.0. The van der Waals surface area contributed by atoms with Gasteiger partial charge < -0.3 is 9.84 Å². The van der Waals surface area contributed by atoms with Crippen LogP contribution in [0.25, 0.3) is 0 Å². The van der Waals surface area contributed by atoms with Crippen LogP contribution in [0.3, 0.4) is 0 Å². The number of aryl methyl sites for hydroxylation is 1. The van der Waals surface area contributed by atoms with Gasteiger partial charge in [-0.2, -0.15) is 11.3 Å². The van der Waals surface area contributed by atoms with Crippen molar-refractivity contribution in [1.29, 1.82) is 0 Å². The van der Waals surface area contributed by atoms with Crippen molar-refractivity contribution < 1.29 is 9.84 Å². The van der Waals surface area contributed by atoms with Gasteiger partial charge in [0.25, 0.3) is 0 Å². The van der Waals surface area contributed by atoms with E-state index in [0.29, 0.717) is 17.2 Å². The number of rotatable bonds is 5. The van der Waals surface area contributed by atoms with Gasteiger partial charge in [-0.3, -0.25) is 0 Å². The summed E-state index contributed by atoms with van der Waals surface area (Å²) in [6.07, 6.45) is 1.07. The predicted molar refractivity (Wildman–Crippen MR) is 75.6 cm³/mol. The van der Waals surface area contributed by atoms with Crippen molar-refractivity contribution >= 4 is 22.9 Å². The summed E-state index contributed by atoms with van der Waals surface area (Å²) in [5.41, 5.74) is 2.09. The summed E-state index contributed by atoms with van der Waals surface area (Å²) in [4.78, 5) is 0. The largest absolute Gasteiger partial charge is 0.495 e. The van der Waals surface area contributed by atoms with E-state index in [1.54, 1.807) is 30.6 Å². The summed E-state index contributed by atoms with van der Waals surface area (Å²) in [5, 5.41) is 14.8. The summed E-state index contributed by atoms with van der Waals surface area (Å²) in [5.74, 6) is 0.630. The molecule has 4 heteroatoms. The second kappa shape index (κ2) is 6.23. The van der Waals surface area contributed by atoms with E-state index in [9.17, 15) is 5.11 Å². The molecule has 0 spiro atoms. The number of thiophene rings is 1. The minimum absolute atomic E-state index is 0.492. The molecule has 0 aliphatic rings. The Kier molecular flexibility index (Phi) is 4.64. The van der Waals surface area contributed by atoms with Crippen molar-refractivity contribution in [2.24, 2.45) is 0 Å². The van der Waals surface area contributed by atoms with E-state index in [1.165, 1.54) is 5.56 Å². The average molecular weight is 283 g/mol. The highest BCUT2D eigenvalue weighted by atomic mass is 35.5. The number of aliphatic hydroxyl groups excluding tert-OH is 1. The number of aliphatic hydroxyl groups is 1. The third kappa shape index (κ3) is 3.25. The van der Waals surface area contributed by atoms with Crippen LogP contribution in [-0.2, 0) is 6.42 Å². The maximum Gasteiger partial charge on any atom is 0.137 e.